The fourth-order valence-corrected chi connectivity index (χ4v) is 2.50. The monoisotopic (exact) mass is 398 g/mol. The molecular formula is C19H15ClN4O4. The van der Waals surface area contributed by atoms with E-state index in [2.05, 4.69) is 15.6 Å². The SMILES string of the molecule is O=C(Nc1cccc(Cl)c1)Nc1ncccc1OCc1ccc([N+](=O)[O-])cc1. The molecule has 0 radical (unpaired) electrons. The number of carbonyl (C=O) groups is 1. The molecule has 2 N–H and O–H groups in total. The first-order chi connectivity index (χ1) is 13.5. The lowest BCUT2D eigenvalue weighted by Gasteiger charge is -2.12. The number of urea groups is 1. The van der Waals surface area contributed by atoms with E-state index in [-0.39, 0.29) is 18.1 Å². The number of non-ortho nitro benzene ring substituents is 1. The van der Waals surface area contributed by atoms with Crippen molar-refractivity contribution in [1.82, 2.24) is 4.98 Å². The lowest BCUT2D eigenvalue weighted by molar-refractivity contribution is -0.384. The fraction of sp³-hybridized carbons (Fsp3) is 0.0526. The maximum absolute atomic E-state index is 12.2. The van der Waals surface area contributed by atoms with Crippen LogP contribution >= 0.6 is 11.6 Å². The van der Waals surface area contributed by atoms with Gasteiger partial charge in [0.25, 0.3) is 5.69 Å². The standard InChI is InChI=1S/C19H15ClN4O4/c20-14-3-1-4-15(11-14)22-19(25)23-18-17(5-2-10-21-18)28-12-13-6-8-16(9-7-13)24(26)27/h1-11H,12H2,(H2,21,22,23,25). The summed E-state index contributed by atoms with van der Waals surface area (Å²) in [6.45, 7) is 0.161. The summed E-state index contributed by atoms with van der Waals surface area (Å²) in [7, 11) is 0. The van der Waals surface area contributed by atoms with E-state index in [4.69, 9.17) is 16.3 Å². The minimum absolute atomic E-state index is 0.00479. The number of rotatable bonds is 6. The van der Waals surface area contributed by atoms with E-state index >= 15 is 0 Å². The first kappa shape index (κ1) is 19.1. The molecule has 0 unspecified atom stereocenters. The number of nitro benzene ring substituents is 1. The van der Waals surface area contributed by atoms with E-state index in [0.29, 0.717) is 16.5 Å². The molecule has 0 bridgehead atoms. The van der Waals surface area contributed by atoms with Crippen LogP contribution in [0.3, 0.4) is 0 Å². The molecule has 0 fully saturated rings. The summed E-state index contributed by atoms with van der Waals surface area (Å²) in [5.74, 6) is 0.603. The maximum Gasteiger partial charge on any atom is 0.324 e. The molecule has 0 atom stereocenters. The molecule has 2 aromatic carbocycles. The zero-order chi connectivity index (χ0) is 19.9. The summed E-state index contributed by atoms with van der Waals surface area (Å²) in [6.07, 6.45) is 1.52. The van der Waals surface area contributed by atoms with Crippen molar-refractivity contribution in [3.8, 4) is 5.75 Å². The number of pyridine rings is 1. The summed E-state index contributed by atoms with van der Waals surface area (Å²) in [5.41, 5.74) is 1.28. The molecule has 0 aliphatic carbocycles. The van der Waals surface area contributed by atoms with Gasteiger partial charge in [-0.2, -0.15) is 0 Å². The van der Waals surface area contributed by atoms with Gasteiger partial charge in [0.1, 0.15) is 6.61 Å². The molecule has 1 aromatic heterocycles. The van der Waals surface area contributed by atoms with Crippen molar-refractivity contribution in [3.05, 3.63) is 87.6 Å². The number of nitro groups is 1. The Morgan fingerprint density at radius 3 is 2.61 bits per heavy atom. The topological polar surface area (TPSA) is 106 Å². The number of amides is 2. The van der Waals surface area contributed by atoms with Gasteiger partial charge < -0.3 is 10.1 Å². The molecule has 3 rings (SSSR count). The average Bonchev–Trinajstić information content (AvgIpc) is 2.67. The highest BCUT2D eigenvalue weighted by atomic mass is 35.5. The van der Waals surface area contributed by atoms with Gasteiger partial charge in [-0.1, -0.05) is 17.7 Å². The molecule has 0 saturated heterocycles. The second-order valence-corrected chi connectivity index (χ2v) is 6.09. The number of nitrogens with zero attached hydrogens (tertiary/aromatic N) is 2. The van der Waals surface area contributed by atoms with E-state index in [1.165, 1.54) is 18.3 Å². The molecule has 28 heavy (non-hydrogen) atoms. The van der Waals surface area contributed by atoms with Crippen molar-refractivity contribution in [1.29, 1.82) is 0 Å². The van der Waals surface area contributed by atoms with Crippen LogP contribution in [0.1, 0.15) is 5.56 Å². The van der Waals surface area contributed by atoms with Crippen molar-refractivity contribution < 1.29 is 14.5 Å². The number of halogens is 1. The largest absolute Gasteiger partial charge is 0.485 e. The zero-order valence-electron chi connectivity index (χ0n) is 14.5. The Balaban J connectivity index is 1.63. The smallest absolute Gasteiger partial charge is 0.324 e. The van der Waals surface area contributed by atoms with E-state index in [0.717, 1.165) is 5.56 Å². The molecule has 0 aliphatic rings. The minimum atomic E-state index is -0.499. The molecule has 0 aliphatic heterocycles. The van der Waals surface area contributed by atoms with Gasteiger partial charge in [0.05, 0.1) is 4.92 Å². The van der Waals surface area contributed by atoms with Crippen molar-refractivity contribution in [2.24, 2.45) is 0 Å². The van der Waals surface area contributed by atoms with Crippen LogP contribution in [0.15, 0.2) is 66.9 Å². The number of benzene rings is 2. The Morgan fingerprint density at radius 1 is 1.11 bits per heavy atom. The molecule has 8 nitrogen and oxygen atoms in total. The summed E-state index contributed by atoms with van der Waals surface area (Å²) < 4.78 is 5.70. The van der Waals surface area contributed by atoms with Crippen molar-refractivity contribution >= 4 is 34.8 Å². The summed E-state index contributed by atoms with van der Waals surface area (Å²) in [4.78, 5) is 26.5. The summed E-state index contributed by atoms with van der Waals surface area (Å²) in [6, 6.07) is 15.6. The lowest BCUT2D eigenvalue weighted by atomic mass is 10.2. The summed E-state index contributed by atoms with van der Waals surface area (Å²) >= 11 is 5.90. The highest BCUT2D eigenvalue weighted by Crippen LogP contribution is 2.23. The number of ether oxygens (including phenoxy) is 1. The van der Waals surface area contributed by atoms with Gasteiger partial charge in [-0.05, 0) is 48.0 Å². The second kappa shape index (κ2) is 8.83. The normalized spacial score (nSPS) is 10.2. The van der Waals surface area contributed by atoms with Crippen LogP contribution < -0.4 is 15.4 Å². The van der Waals surface area contributed by atoms with Gasteiger partial charge in [0.2, 0.25) is 0 Å². The van der Waals surface area contributed by atoms with Gasteiger partial charge >= 0.3 is 6.03 Å². The third kappa shape index (κ3) is 5.18. The zero-order valence-corrected chi connectivity index (χ0v) is 15.2. The van der Waals surface area contributed by atoms with Crippen LogP contribution in [0.2, 0.25) is 5.02 Å². The third-order valence-electron chi connectivity index (χ3n) is 3.63. The van der Waals surface area contributed by atoms with Crippen LogP contribution in [-0.4, -0.2) is 15.9 Å². The van der Waals surface area contributed by atoms with Crippen LogP contribution in [-0.2, 0) is 6.61 Å². The number of carbonyl (C=O) groups excluding carboxylic acids is 1. The Bertz CT molecular complexity index is 995. The quantitative estimate of drug-likeness (QED) is 0.455. The van der Waals surface area contributed by atoms with Crippen LogP contribution in [0.5, 0.6) is 5.75 Å². The van der Waals surface area contributed by atoms with Gasteiger partial charge in [-0.25, -0.2) is 9.78 Å². The molecule has 142 valence electrons. The Kier molecular flexibility index (Phi) is 6.03. The van der Waals surface area contributed by atoms with Gasteiger partial charge in [-0.3, -0.25) is 15.4 Å². The van der Waals surface area contributed by atoms with Gasteiger partial charge in [0, 0.05) is 29.0 Å². The Hall–Kier alpha value is -3.65. The van der Waals surface area contributed by atoms with Crippen molar-refractivity contribution in [3.63, 3.8) is 0 Å². The first-order valence-electron chi connectivity index (χ1n) is 8.16. The molecule has 9 heteroatoms. The molecule has 2 amide bonds. The number of aromatic nitrogens is 1. The molecule has 3 aromatic rings. The van der Waals surface area contributed by atoms with Crippen LogP contribution in [0.4, 0.5) is 22.0 Å². The van der Waals surface area contributed by atoms with E-state index in [9.17, 15) is 14.9 Å². The van der Waals surface area contributed by atoms with Gasteiger partial charge in [0.15, 0.2) is 11.6 Å². The Labute approximate surface area is 165 Å². The number of nitrogens with one attached hydrogen (secondary N) is 2. The molecule has 0 spiro atoms. The van der Waals surface area contributed by atoms with Crippen molar-refractivity contribution in [2.45, 2.75) is 6.61 Å². The summed E-state index contributed by atoms with van der Waals surface area (Å²) in [5, 5.41) is 16.5. The van der Waals surface area contributed by atoms with E-state index in [1.54, 1.807) is 48.5 Å². The minimum Gasteiger partial charge on any atom is -0.485 e. The van der Waals surface area contributed by atoms with Crippen LogP contribution in [0, 0.1) is 10.1 Å². The van der Waals surface area contributed by atoms with Crippen molar-refractivity contribution in [2.75, 3.05) is 10.6 Å². The third-order valence-corrected chi connectivity index (χ3v) is 3.86. The van der Waals surface area contributed by atoms with Crippen LogP contribution in [0.25, 0.3) is 0 Å². The second-order valence-electron chi connectivity index (χ2n) is 5.65. The van der Waals surface area contributed by atoms with Gasteiger partial charge in [-0.15, -0.1) is 0 Å². The number of hydrogen-bond donors (Lipinski definition) is 2. The molecular weight excluding hydrogens is 384 g/mol. The number of hydrogen-bond acceptors (Lipinski definition) is 5. The number of anilines is 2. The Morgan fingerprint density at radius 2 is 1.89 bits per heavy atom. The average molecular weight is 399 g/mol. The predicted octanol–water partition coefficient (Wildman–Crippen LogP) is 4.87. The fourth-order valence-electron chi connectivity index (χ4n) is 2.31. The lowest BCUT2D eigenvalue weighted by Crippen LogP contribution is -2.20. The maximum atomic E-state index is 12.2. The first-order valence-corrected chi connectivity index (χ1v) is 8.54. The molecule has 0 saturated carbocycles. The van der Waals surface area contributed by atoms with E-state index in [1.807, 2.05) is 0 Å². The highest BCUT2D eigenvalue weighted by Gasteiger charge is 2.10. The predicted molar refractivity (Wildman–Crippen MR) is 106 cm³/mol. The van der Waals surface area contributed by atoms with E-state index < -0.39 is 11.0 Å². The molecule has 1 heterocycles. The highest BCUT2D eigenvalue weighted by molar-refractivity contribution is 6.30.